The molecule has 14 heteroatoms. The second kappa shape index (κ2) is 8.41. The summed E-state index contributed by atoms with van der Waals surface area (Å²) in [5.74, 6) is -1.30. The number of ether oxygens (including phenoxy) is 1. The predicted molar refractivity (Wildman–Crippen MR) is 92.5 cm³/mol. The maximum absolute atomic E-state index is 12.6. The van der Waals surface area contributed by atoms with Crippen LogP contribution in [0.15, 0.2) is 29.1 Å². The van der Waals surface area contributed by atoms with Crippen LogP contribution in [0, 0.1) is 0 Å². The molecule has 3 heterocycles. The summed E-state index contributed by atoms with van der Waals surface area (Å²) >= 11 is 0.977. The highest BCUT2D eigenvalue weighted by Gasteiger charge is 2.27. The van der Waals surface area contributed by atoms with Crippen LogP contribution < -0.4 is 4.74 Å². The minimum absolute atomic E-state index is 0.112. The summed E-state index contributed by atoms with van der Waals surface area (Å²) in [6.45, 7) is -3.09. The predicted octanol–water partition coefficient (Wildman–Crippen LogP) is 3.46. The summed E-state index contributed by atoms with van der Waals surface area (Å²) in [6, 6.07) is 1.16. The molecule has 0 bridgehead atoms. The van der Waals surface area contributed by atoms with Gasteiger partial charge in [-0.2, -0.15) is 17.6 Å². The first-order valence-electron chi connectivity index (χ1n) is 7.78. The van der Waals surface area contributed by atoms with Crippen LogP contribution in [0.5, 0.6) is 5.75 Å². The Kier molecular flexibility index (Phi) is 6.12. The molecule has 156 valence electrons. The second-order valence-corrected chi connectivity index (χ2v) is 9.06. The van der Waals surface area contributed by atoms with Gasteiger partial charge in [-0.15, -0.1) is 21.5 Å². The molecule has 0 fully saturated rings. The number of sulfone groups is 1. The van der Waals surface area contributed by atoms with E-state index in [0.29, 0.717) is 5.01 Å². The molecule has 0 saturated heterocycles. The van der Waals surface area contributed by atoms with E-state index in [4.69, 9.17) is 4.42 Å². The molecule has 8 nitrogen and oxygen atoms in total. The fourth-order valence-electron chi connectivity index (χ4n) is 2.38. The van der Waals surface area contributed by atoms with E-state index < -0.39 is 34.0 Å². The third kappa shape index (κ3) is 5.26. The fraction of sp³-hybridized carbons (Fsp3) is 0.333. The van der Waals surface area contributed by atoms with E-state index in [2.05, 4.69) is 24.9 Å². The van der Waals surface area contributed by atoms with Crippen molar-refractivity contribution in [2.45, 2.75) is 24.7 Å². The van der Waals surface area contributed by atoms with E-state index >= 15 is 0 Å². The molecule has 0 aliphatic rings. The molecule has 3 aromatic heterocycles. The minimum atomic E-state index is -3.69. The van der Waals surface area contributed by atoms with Crippen LogP contribution in [-0.2, 0) is 16.3 Å². The van der Waals surface area contributed by atoms with Crippen LogP contribution in [-0.4, -0.2) is 41.5 Å². The van der Waals surface area contributed by atoms with Gasteiger partial charge in [0.15, 0.2) is 9.84 Å². The number of pyridine rings is 1. The fourth-order valence-corrected chi connectivity index (χ4v) is 4.45. The number of alkyl halides is 4. The van der Waals surface area contributed by atoms with Crippen molar-refractivity contribution in [3.8, 4) is 16.5 Å². The Balaban J connectivity index is 1.86. The molecule has 3 rings (SSSR count). The quantitative estimate of drug-likeness (QED) is 0.478. The van der Waals surface area contributed by atoms with E-state index in [1.807, 2.05) is 0 Å². The number of nitrogens with zero attached hydrogens (tertiary/aromatic N) is 4. The third-order valence-electron chi connectivity index (χ3n) is 3.60. The highest BCUT2D eigenvalue weighted by molar-refractivity contribution is 7.90. The average Bonchev–Trinajstić information content (AvgIpc) is 3.27. The second-order valence-electron chi connectivity index (χ2n) is 5.72. The zero-order chi connectivity index (χ0) is 21.2. The lowest BCUT2D eigenvalue weighted by atomic mass is 10.1. The Labute approximate surface area is 165 Å². The molecule has 1 unspecified atom stereocenters. The maximum Gasteiger partial charge on any atom is 0.387 e. The van der Waals surface area contributed by atoms with Crippen molar-refractivity contribution in [3.63, 3.8) is 0 Å². The molecule has 0 aliphatic carbocycles. The molecule has 29 heavy (non-hydrogen) atoms. The van der Waals surface area contributed by atoms with E-state index in [1.54, 1.807) is 0 Å². The van der Waals surface area contributed by atoms with Gasteiger partial charge in [0.1, 0.15) is 10.6 Å². The lowest BCUT2D eigenvalue weighted by Crippen LogP contribution is -2.15. The smallest absolute Gasteiger partial charge is 0.387 e. The van der Waals surface area contributed by atoms with Crippen molar-refractivity contribution >= 4 is 21.2 Å². The van der Waals surface area contributed by atoms with E-state index in [0.717, 1.165) is 29.9 Å². The van der Waals surface area contributed by atoms with Gasteiger partial charge in [0, 0.05) is 18.9 Å². The van der Waals surface area contributed by atoms with Gasteiger partial charge < -0.3 is 9.15 Å². The molecule has 1 atom stereocenters. The molecular weight excluding hydrogens is 440 g/mol. The summed E-state index contributed by atoms with van der Waals surface area (Å²) < 4.78 is 83.6. The van der Waals surface area contributed by atoms with Gasteiger partial charge in [-0.25, -0.2) is 13.4 Å². The lowest BCUT2D eigenvalue weighted by Gasteiger charge is -2.15. The molecule has 0 radical (unpaired) electrons. The average molecular weight is 452 g/mol. The van der Waals surface area contributed by atoms with E-state index in [1.165, 1.54) is 12.4 Å². The Morgan fingerprint density at radius 3 is 2.55 bits per heavy atom. The number of rotatable bonds is 8. The van der Waals surface area contributed by atoms with Gasteiger partial charge in [0.2, 0.25) is 0 Å². The van der Waals surface area contributed by atoms with Gasteiger partial charge >= 0.3 is 13.0 Å². The van der Waals surface area contributed by atoms with E-state index in [-0.39, 0.29) is 28.5 Å². The monoisotopic (exact) mass is 452 g/mol. The van der Waals surface area contributed by atoms with Crippen LogP contribution in [0.4, 0.5) is 17.6 Å². The summed E-state index contributed by atoms with van der Waals surface area (Å²) in [5.41, 5.74) is 0.139. The van der Waals surface area contributed by atoms with Gasteiger partial charge in [-0.3, -0.25) is 4.98 Å². The highest BCUT2D eigenvalue weighted by atomic mass is 32.2. The van der Waals surface area contributed by atoms with Crippen molar-refractivity contribution in [2.75, 3.05) is 6.26 Å². The summed E-state index contributed by atoms with van der Waals surface area (Å²) in [4.78, 5) is 8.08. The van der Waals surface area contributed by atoms with Crippen LogP contribution in [0.2, 0.25) is 0 Å². The minimum Gasteiger partial charge on any atom is -0.433 e. The summed E-state index contributed by atoms with van der Waals surface area (Å²) in [7, 11) is -3.69. The molecule has 0 amide bonds. The number of aromatic nitrogens is 4. The van der Waals surface area contributed by atoms with Crippen molar-refractivity contribution in [3.05, 3.63) is 41.1 Å². The number of thiazole rings is 1. The molecule has 0 saturated carbocycles. The number of halogens is 4. The Morgan fingerprint density at radius 1 is 1.17 bits per heavy atom. The summed E-state index contributed by atoms with van der Waals surface area (Å²) in [6.07, 6.45) is 1.50. The number of hydrogen-bond donors (Lipinski definition) is 0. The van der Waals surface area contributed by atoms with Gasteiger partial charge in [0.05, 0.1) is 22.7 Å². The first-order chi connectivity index (χ1) is 13.6. The SMILES string of the molecule is CS(=O)(=O)C(Cc1ncc(-c2nnc(C(F)F)o2)s1)c1cncc(OC(F)F)c1. The third-order valence-corrected chi connectivity index (χ3v) is 6.08. The standard InChI is InChI=1S/C15H12F4N4O4S2/c1-29(24,25)10(7-2-8(5-20-4-7)26-15(18)19)3-11-21-6-9(28-11)13-22-23-14(27-13)12(16)17/h2,4-6,10,12,15H,3H2,1H3. The van der Waals surface area contributed by atoms with Gasteiger partial charge in [-0.05, 0) is 11.6 Å². The zero-order valence-corrected chi connectivity index (χ0v) is 16.1. The molecular formula is C15H12F4N4O4S2. The van der Waals surface area contributed by atoms with E-state index in [9.17, 15) is 26.0 Å². The molecule has 3 aromatic rings. The van der Waals surface area contributed by atoms with Crippen molar-refractivity contribution < 1.29 is 35.1 Å². The summed E-state index contributed by atoms with van der Waals surface area (Å²) in [5, 5.41) is 5.90. The van der Waals surface area contributed by atoms with Gasteiger partial charge in [-0.1, -0.05) is 0 Å². The Hall–Kier alpha value is -2.61. The lowest BCUT2D eigenvalue weighted by molar-refractivity contribution is -0.0501. The van der Waals surface area contributed by atoms with Crippen LogP contribution >= 0.6 is 11.3 Å². The first kappa shape index (κ1) is 21.1. The van der Waals surface area contributed by atoms with Crippen molar-refractivity contribution in [1.82, 2.24) is 20.2 Å². The number of hydrogen-bond acceptors (Lipinski definition) is 9. The van der Waals surface area contributed by atoms with Gasteiger partial charge in [0.25, 0.3) is 11.8 Å². The van der Waals surface area contributed by atoms with Crippen LogP contribution in [0.25, 0.3) is 10.8 Å². The topological polar surface area (TPSA) is 108 Å². The first-order valence-corrected chi connectivity index (χ1v) is 10.6. The van der Waals surface area contributed by atoms with Crippen LogP contribution in [0.1, 0.15) is 28.1 Å². The molecule has 0 aliphatic heterocycles. The highest BCUT2D eigenvalue weighted by Crippen LogP contribution is 2.33. The molecule has 0 N–H and O–H groups in total. The maximum atomic E-state index is 12.6. The largest absolute Gasteiger partial charge is 0.433 e. The normalized spacial score (nSPS) is 13.2. The Morgan fingerprint density at radius 2 is 1.93 bits per heavy atom. The molecule has 0 spiro atoms. The molecule has 0 aromatic carbocycles. The Bertz CT molecular complexity index is 1090. The van der Waals surface area contributed by atoms with Crippen molar-refractivity contribution in [1.29, 1.82) is 0 Å². The zero-order valence-electron chi connectivity index (χ0n) is 14.5. The van der Waals surface area contributed by atoms with Crippen molar-refractivity contribution in [2.24, 2.45) is 0 Å². The van der Waals surface area contributed by atoms with Crippen LogP contribution in [0.3, 0.4) is 0 Å².